The van der Waals surface area contributed by atoms with Crippen LogP contribution in [0.4, 0.5) is 5.13 Å². The SMILES string of the molecule is COC(=O)c1cnc(NC(=O)Cn2c3ccccc3c(=O)c3ccccc32)s1. The highest BCUT2D eigenvalue weighted by atomic mass is 32.1. The Morgan fingerprint density at radius 2 is 1.68 bits per heavy atom. The van der Waals surface area contributed by atoms with Gasteiger partial charge in [0.15, 0.2) is 10.6 Å². The Morgan fingerprint density at radius 1 is 1.07 bits per heavy atom. The molecule has 2 aromatic heterocycles. The van der Waals surface area contributed by atoms with Crippen molar-refractivity contribution >= 4 is 50.2 Å². The number of thiazole rings is 1. The van der Waals surface area contributed by atoms with E-state index in [1.165, 1.54) is 13.3 Å². The number of ether oxygens (including phenoxy) is 1. The molecule has 1 N–H and O–H groups in total. The minimum atomic E-state index is -0.504. The average Bonchev–Trinajstić information content (AvgIpc) is 3.19. The predicted octanol–water partition coefficient (Wildman–Crippen LogP) is 3.04. The molecule has 0 unspecified atom stereocenters. The van der Waals surface area contributed by atoms with E-state index in [0.29, 0.717) is 31.8 Å². The maximum Gasteiger partial charge on any atom is 0.349 e. The van der Waals surface area contributed by atoms with Gasteiger partial charge in [0.1, 0.15) is 11.4 Å². The summed E-state index contributed by atoms with van der Waals surface area (Å²) in [5.41, 5.74) is 1.29. The van der Waals surface area contributed by atoms with Crippen molar-refractivity contribution in [2.24, 2.45) is 0 Å². The number of esters is 1. The topological polar surface area (TPSA) is 90.3 Å². The lowest BCUT2D eigenvalue weighted by molar-refractivity contribution is -0.116. The van der Waals surface area contributed by atoms with Crippen molar-refractivity contribution in [1.29, 1.82) is 0 Å². The van der Waals surface area contributed by atoms with Gasteiger partial charge in [0.2, 0.25) is 5.91 Å². The Bertz CT molecular complexity index is 1220. The van der Waals surface area contributed by atoms with Crippen molar-refractivity contribution in [2.75, 3.05) is 12.4 Å². The molecule has 4 aromatic rings. The van der Waals surface area contributed by atoms with E-state index < -0.39 is 5.97 Å². The summed E-state index contributed by atoms with van der Waals surface area (Å²) in [5.74, 6) is -0.819. The molecular formula is C20H15N3O4S. The van der Waals surface area contributed by atoms with Crippen LogP contribution in [-0.2, 0) is 16.1 Å². The summed E-state index contributed by atoms with van der Waals surface area (Å²) in [6, 6.07) is 14.4. The molecule has 0 aliphatic rings. The molecule has 4 rings (SSSR count). The van der Waals surface area contributed by atoms with Crippen molar-refractivity contribution in [1.82, 2.24) is 9.55 Å². The lowest BCUT2D eigenvalue weighted by atomic mass is 10.1. The largest absolute Gasteiger partial charge is 0.465 e. The minimum Gasteiger partial charge on any atom is -0.465 e. The molecule has 0 aliphatic heterocycles. The molecule has 0 saturated carbocycles. The number of amides is 1. The lowest BCUT2D eigenvalue weighted by Gasteiger charge is -2.14. The van der Waals surface area contributed by atoms with Crippen LogP contribution < -0.4 is 10.7 Å². The fourth-order valence-corrected chi connectivity index (χ4v) is 3.83. The van der Waals surface area contributed by atoms with Crippen LogP contribution in [0.3, 0.4) is 0 Å². The monoisotopic (exact) mass is 393 g/mol. The molecule has 0 radical (unpaired) electrons. The number of rotatable bonds is 4. The summed E-state index contributed by atoms with van der Waals surface area (Å²) in [6.07, 6.45) is 1.36. The number of aromatic nitrogens is 2. The Hall–Kier alpha value is -3.52. The first-order valence-corrected chi connectivity index (χ1v) is 9.24. The first-order valence-electron chi connectivity index (χ1n) is 8.43. The summed E-state index contributed by atoms with van der Waals surface area (Å²) >= 11 is 1.04. The van der Waals surface area contributed by atoms with Gasteiger partial charge < -0.3 is 14.6 Å². The molecule has 2 heterocycles. The van der Waals surface area contributed by atoms with Gasteiger partial charge in [-0.1, -0.05) is 35.6 Å². The molecule has 1 amide bonds. The summed E-state index contributed by atoms with van der Waals surface area (Å²) in [6.45, 7) is -0.00551. The molecule has 0 fully saturated rings. The number of para-hydroxylation sites is 2. The van der Waals surface area contributed by atoms with E-state index in [9.17, 15) is 14.4 Å². The van der Waals surface area contributed by atoms with E-state index >= 15 is 0 Å². The van der Waals surface area contributed by atoms with Crippen molar-refractivity contribution in [3.05, 3.63) is 69.8 Å². The van der Waals surface area contributed by atoms with Gasteiger partial charge >= 0.3 is 5.97 Å². The highest BCUT2D eigenvalue weighted by Gasteiger charge is 2.15. The summed E-state index contributed by atoms with van der Waals surface area (Å²) in [7, 11) is 1.28. The van der Waals surface area contributed by atoms with E-state index in [2.05, 4.69) is 15.0 Å². The highest BCUT2D eigenvalue weighted by Crippen LogP contribution is 2.21. The van der Waals surface area contributed by atoms with Gasteiger partial charge in [0.25, 0.3) is 0 Å². The standard InChI is InChI=1S/C20H15N3O4S/c1-27-19(26)16-10-21-20(28-16)22-17(24)11-23-14-8-4-2-6-12(14)18(25)13-7-3-5-9-15(13)23/h2-10H,11H2,1H3,(H,21,22,24). The molecule has 0 saturated heterocycles. The van der Waals surface area contributed by atoms with Crippen LogP contribution in [0.1, 0.15) is 9.67 Å². The second kappa shape index (κ2) is 7.24. The van der Waals surface area contributed by atoms with E-state index in [0.717, 1.165) is 11.3 Å². The molecule has 0 aliphatic carbocycles. The Balaban J connectivity index is 1.71. The molecule has 7 nitrogen and oxygen atoms in total. The number of hydrogen-bond donors (Lipinski definition) is 1. The maximum absolute atomic E-state index is 12.7. The van der Waals surface area contributed by atoms with Gasteiger partial charge in [-0.15, -0.1) is 0 Å². The summed E-state index contributed by atoms with van der Waals surface area (Å²) in [4.78, 5) is 41.3. The van der Waals surface area contributed by atoms with Gasteiger partial charge in [0.05, 0.1) is 24.3 Å². The lowest BCUT2D eigenvalue weighted by Crippen LogP contribution is -2.21. The second-order valence-electron chi connectivity index (χ2n) is 6.02. The van der Waals surface area contributed by atoms with Crippen molar-refractivity contribution in [3.8, 4) is 0 Å². The van der Waals surface area contributed by atoms with Crippen LogP contribution in [0.5, 0.6) is 0 Å². The zero-order valence-corrected chi connectivity index (χ0v) is 15.7. The second-order valence-corrected chi connectivity index (χ2v) is 7.05. The minimum absolute atomic E-state index is 0.00551. The van der Waals surface area contributed by atoms with Crippen LogP contribution in [0.15, 0.2) is 59.5 Å². The molecule has 0 bridgehead atoms. The van der Waals surface area contributed by atoms with Crippen molar-refractivity contribution in [2.45, 2.75) is 6.54 Å². The zero-order valence-electron chi connectivity index (χ0n) is 14.8. The molecule has 140 valence electrons. The Labute approximate surface area is 163 Å². The highest BCUT2D eigenvalue weighted by molar-refractivity contribution is 7.17. The third kappa shape index (κ3) is 3.14. The van der Waals surface area contributed by atoms with Crippen molar-refractivity contribution in [3.63, 3.8) is 0 Å². The van der Waals surface area contributed by atoms with Crippen LogP contribution in [-0.4, -0.2) is 28.5 Å². The molecule has 0 atom stereocenters. The first kappa shape index (κ1) is 17.9. The average molecular weight is 393 g/mol. The summed E-state index contributed by atoms with van der Waals surface area (Å²) in [5, 5.41) is 4.11. The fraction of sp³-hybridized carbons (Fsp3) is 0.100. The van der Waals surface area contributed by atoms with Crippen LogP contribution in [0.25, 0.3) is 21.8 Å². The molecule has 2 aromatic carbocycles. The Morgan fingerprint density at radius 3 is 2.29 bits per heavy atom. The predicted molar refractivity (Wildman–Crippen MR) is 108 cm³/mol. The summed E-state index contributed by atoms with van der Waals surface area (Å²) < 4.78 is 6.44. The van der Waals surface area contributed by atoms with Crippen molar-refractivity contribution < 1.29 is 14.3 Å². The van der Waals surface area contributed by atoms with Crippen LogP contribution >= 0.6 is 11.3 Å². The Kier molecular flexibility index (Phi) is 4.62. The number of fused-ring (bicyclic) bond motifs is 2. The van der Waals surface area contributed by atoms with Gasteiger partial charge in [-0.3, -0.25) is 9.59 Å². The van der Waals surface area contributed by atoms with E-state index in [1.54, 1.807) is 28.8 Å². The number of carbonyl (C=O) groups excluding carboxylic acids is 2. The first-order chi connectivity index (χ1) is 13.6. The van der Waals surface area contributed by atoms with Crippen LogP contribution in [0, 0.1) is 0 Å². The maximum atomic E-state index is 12.7. The number of hydrogen-bond acceptors (Lipinski definition) is 6. The number of carbonyl (C=O) groups is 2. The molecule has 0 spiro atoms. The van der Waals surface area contributed by atoms with E-state index in [1.807, 2.05) is 24.3 Å². The molecule has 8 heteroatoms. The molecular weight excluding hydrogens is 378 g/mol. The fourth-order valence-electron chi connectivity index (χ4n) is 3.08. The number of methoxy groups -OCH3 is 1. The van der Waals surface area contributed by atoms with Gasteiger partial charge in [0, 0.05) is 10.8 Å². The van der Waals surface area contributed by atoms with E-state index in [-0.39, 0.29) is 17.9 Å². The molecule has 28 heavy (non-hydrogen) atoms. The third-order valence-electron chi connectivity index (χ3n) is 4.32. The van der Waals surface area contributed by atoms with Crippen LogP contribution in [0.2, 0.25) is 0 Å². The smallest absolute Gasteiger partial charge is 0.349 e. The zero-order chi connectivity index (χ0) is 19.7. The number of nitrogens with zero attached hydrogens (tertiary/aromatic N) is 2. The number of nitrogens with one attached hydrogen (secondary N) is 1. The van der Waals surface area contributed by atoms with Gasteiger partial charge in [-0.25, -0.2) is 9.78 Å². The normalized spacial score (nSPS) is 10.9. The third-order valence-corrected chi connectivity index (χ3v) is 5.21. The number of benzene rings is 2. The van der Waals surface area contributed by atoms with Gasteiger partial charge in [-0.05, 0) is 24.3 Å². The van der Waals surface area contributed by atoms with E-state index in [4.69, 9.17) is 0 Å². The number of pyridine rings is 1. The quantitative estimate of drug-likeness (QED) is 0.425. The number of anilines is 1. The van der Waals surface area contributed by atoms with Gasteiger partial charge in [-0.2, -0.15) is 0 Å².